The third-order valence-corrected chi connectivity index (χ3v) is 4.89. The van der Waals surface area contributed by atoms with Gasteiger partial charge in [0.05, 0.1) is 18.6 Å². The maximum atomic E-state index is 12.2. The number of nitrogens with one attached hydrogen (secondary N) is 1. The van der Waals surface area contributed by atoms with E-state index in [2.05, 4.69) is 15.5 Å². The number of nitrogen functional groups attached to an aromatic ring is 1. The molecule has 3 aromatic rings. The Balaban J connectivity index is 1.60. The van der Waals surface area contributed by atoms with Crippen molar-refractivity contribution in [3.8, 4) is 5.75 Å². The first-order valence-corrected chi connectivity index (χ1v) is 9.42. The number of benzene rings is 2. The van der Waals surface area contributed by atoms with Gasteiger partial charge in [-0.25, -0.2) is 4.68 Å². The SMILES string of the molecule is COc1ccc(Cl)cc1NC(=O)CSc1nnc(Cc2ccccc2)n1N. The molecule has 0 aliphatic rings. The largest absolute Gasteiger partial charge is 0.495 e. The lowest BCUT2D eigenvalue weighted by atomic mass is 10.1. The van der Waals surface area contributed by atoms with Crippen LogP contribution >= 0.6 is 23.4 Å². The molecule has 0 bridgehead atoms. The van der Waals surface area contributed by atoms with E-state index in [1.165, 1.54) is 23.5 Å². The number of thioether (sulfide) groups is 1. The first-order valence-electron chi connectivity index (χ1n) is 8.06. The van der Waals surface area contributed by atoms with E-state index in [0.717, 1.165) is 5.56 Å². The molecule has 0 radical (unpaired) electrons. The number of hydrogen-bond acceptors (Lipinski definition) is 6. The maximum Gasteiger partial charge on any atom is 0.234 e. The summed E-state index contributed by atoms with van der Waals surface area (Å²) in [5.74, 6) is 7.11. The Morgan fingerprint density at radius 1 is 1.26 bits per heavy atom. The number of carbonyl (C=O) groups is 1. The quantitative estimate of drug-likeness (QED) is 0.465. The highest BCUT2D eigenvalue weighted by atomic mass is 35.5. The van der Waals surface area contributed by atoms with Crippen molar-refractivity contribution in [2.24, 2.45) is 0 Å². The van der Waals surface area contributed by atoms with Crippen LogP contribution in [0.1, 0.15) is 11.4 Å². The Morgan fingerprint density at radius 2 is 2.04 bits per heavy atom. The third-order valence-electron chi connectivity index (χ3n) is 3.71. The molecule has 0 saturated carbocycles. The number of aromatic nitrogens is 3. The van der Waals surface area contributed by atoms with E-state index in [4.69, 9.17) is 22.2 Å². The van der Waals surface area contributed by atoms with Crippen LogP contribution in [0.15, 0.2) is 53.7 Å². The van der Waals surface area contributed by atoms with Gasteiger partial charge in [-0.05, 0) is 23.8 Å². The third kappa shape index (κ3) is 4.93. The number of nitrogens with two attached hydrogens (primary N) is 1. The van der Waals surface area contributed by atoms with Crippen LogP contribution in [-0.4, -0.2) is 33.6 Å². The molecule has 3 N–H and O–H groups in total. The predicted molar refractivity (Wildman–Crippen MR) is 107 cm³/mol. The van der Waals surface area contributed by atoms with Gasteiger partial charge in [-0.1, -0.05) is 53.7 Å². The summed E-state index contributed by atoms with van der Waals surface area (Å²) in [7, 11) is 1.53. The van der Waals surface area contributed by atoms with Gasteiger partial charge in [0.1, 0.15) is 5.75 Å². The van der Waals surface area contributed by atoms with Gasteiger partial charge in [0, 0.05) is 11.4 Å². The molecule has 1 amide bonds. The van der Waals surface area contributed by atoms with Gasteiger partial charge in [-0.2, -0.15) is 0 Å². The lowest BCUT2D eigenvalue weighted by Gasteiger charge is -2.10. The highest BCUT2D eigenvalue weighted by molar-refractivity contribution is 7.99. The summed E-state index contributed by atoms with van der Waals surface area (Å²) in [5, 5.41) is 11.9. The summed E-state index contributed by atoms with van der Waals surface area (Å²) in [6.45, 7) is 0. The van der Waals surface area contributed by atoms with E-state index in [9.17, 15) is 4.79 Å². The monoisotopic (exact) mass is 403 g/mol. The summed E-state index contributed by atoms with van der Waals surface area (Å²) >= 11 is 7.17. The van der Waals surface area contributed by atoms with E-state index in [-0.39, 0.29) is 11.7 Å². The molecular formula is C18H18ClN5O2S. The fraction of sp³-hybridized carbons (Fsp3) is 0.167. The van der Waals surface area contributed by atoms with E-state index >= 15 is 0 Å². The maximum absolute atomic E-state index is 12.2. The van der Waals surface area contributed by atoms with Crippen molar-refractivity contribution >= 4 is 35.0 Å². The minimum atomic E-state index is -0.229. The van der Waals surface area contributed by atoms with E-state index in [1.54, 1.807) is 18.2 Å². The van der Waals surface area contributed by atoms with Crippen LogP contribution in [-0.2, 0) is 11.2 Å². The molecule has 2 aromatic carbocycles. The van der Waals surface area contributed by atoms with E-state index in [0.29, 0.717) is 33.9 Å². The number of nitrogens with zero attached hydrogens (tertiary/aromatic N) is 3. The van der Waals surface area contributed by atoms with Crippen LogP contribution in [0.3, 0.4) is 0 Å². The summed E-state index contributed by atoms with van der Waals surface area (Å²) in [6, 6.07) is 14.9. The second-order valence-corrected chi connectivity index (χ2v) is 6.99. The molecule has 3 rings (SSSR count). The van der Waals surface area contributed by atoms with Gasteiger partial charge < -0.3 is 15.9 Å². The average Bonchev–Trinajstić information content (AvgIpc) is 3.01. The number of amides is 1. The lowest BCUT2D eigenvalue weighted by molar-refractivity contribution is -0.113. The Morgan fingerprint density at radius 3 is 2.78 bits per heavy atom. The van der Waals surface area contributed by atoms with Crippen molar-refractivity contribution in [3.05, 3.63) is 64.9 Å². The number of halogens is 1. The van der Waals surface area contributed by atoms with Gasteiger partial charge in [0.25, 0.3) is 0 Å². The van der Waals surface area contributed by atoms with Crippen LogP contribution in [0.25, 0.3) is 0 Å². The summed E-state index contributed by atoms with van der Waals surface area (Å²) in [5.41, 5.74) is 1.59. The topological polar surface area (TPSA) is 95.1 Å². The normalized spacial score (nSPS) is 10.6. The average molecular weight is 404 g/mol. The van der Waals surface area contributed by atoms with Crippen molar-refractivity contribution in [3.63, 3.8) is 0 Å². The summed E-state index contributed by atoms with van der Waals surface area (Å²) in [4.78, 5) is 12.2. The van der Waals surface area contributed by atoms with Crippen LogP contribution in [0.4, 0.5) is 5.69 Å². The van der Waals surface area contributed by atoms with E-state index < -0.39 is 0 Å². The van der Waals surface area contributed by atoms with Gasteiger partial charge in [-0.3, -0.25) is 4.79 Å². The molecule has 0 aliphatic carbocycles. The molecule has 9 heteroatoms. The zero-order chi connectivity index (χ0) is 19.2. The molecule has 0 spiro atoms. The highest BCUT2D eigenvalue weighted by Gasteiger charge is 2.14. The number of methoxy groups -OCH3 is 1. The molecule has 140 valence electrons. The van der Waals surface area contributed by atoms with Crippen LogP contribution in [0, 0.1) is 0 Å². The standard InChI is InChI=1S/C18H18ClN5O2S/c1-26-15-8-7-13(19)10-14(15)21-17(25)11-27-18-23-22-16(24(18)20)9-12-5-3-2-4-6-12/h2-8,10H,9,11,20H2,1H3,(H,21,25). The Kier molecular flexibility index (Phi) is 6.20. The van der Waals surface area contributed by atoms with Crippen molar-refractivity contribution in [2.75, 3.05) is 24.0 Å². The van der Waals surface area contributed by atoms with Crippen molar-refractivity contribution in [1.29, 1.82) is 0 Å². The molecule has 0 fully saturated rings. The fourth-order valence-electron chi connectivity index (χ4n) is 2.40. The molecule has 0 unspecified atom stereocenters. The number of ether oxygens (including phenoxy) is 1. The molecule has 27 heavy (non-hydrogen) atoms. The molecule has 0 atom stereocenters. The van der Waals surface area contributed by atoms with Gasteiger partial charge >= 0.3 is 0 Å². The zero-order valence-corrected chi connectivity index (χ0v) is 16.1. The molecule has 1 heterocycles. The van der Waals surface area contributed by atoms with Gasteiger partial charge in [-0.15, -0.1) is 10.2 Å². The molecule has 7 nitrogen and oxygen atoms in total. The Hall–Kier alpha value is -2.71. The first kappa shape index (κ1) is 19.1. The van der Waals surface area contributed by atoms with E-state index in [1.807, 2.05) is 30.3 Å². The number of rotatable bonds is 7. The molecule has 0 aliphatic heterocycles. The number of carbonyl (C=O) groups excluding carboxylic acids is 1. The van der Waals surface area contributed by atoms with Crippen molar-refractivity contribution in [2.45, 2.75) is 11.6 Å². The minimum Gasteiger partial charge on any atom is -0.495 e. The number of anilines is 1. The summed E-state index contributed by atoms with van der Waals surface area (Å²) < 4.78 is 6.62. The number of hydrogen-bond donors (Lipinski definition) is 2. The fourth-order valence-corrected chi connectivity index (χ4v) is 3.25. The molecule has 0 saturated heterocycles. The smallest absolute Gasteiger partial charge is 0.234 e. The highest BCUT2D eigenvalue weighted by Crippen LogP contribution is 2.28. The minimum absolute atomic E-state index is 0.121. The lowest BCUT2D eigenvalue weighted by Crippen LogP contribution is -2.17. The molecule has 1 aromatic heterocycles. The van der Waals surface area contributed by atoms with Gasteiger partial charge in [0.15, 0.2) is 5.82 Å². The van der Waals surface area contributed by atoms with Crippen molar-refractivity contribution in [1.82, 2.24) is 14.9 Å². The Bertz CT molecular complexity index is 933. The van der Waals surface area contributed by atoms with Gasteiger partial charge in [0.2, 0.25) is 11.1 Å². The van der Waals surface area contributed by atoms with Crippen LogP contribution < -0.4 is 15.9 Å². The van der Waals surface area contributed by atoms with Crippen molar-refractivity contribution < 1.29 is 9.53 Å². The predicted octanol–water partition coefficient (Wildman–Crippen LogP) is 2.98. The zero-order valence-electron chi connectivity index (χ0n) is 14.6. The first-order chi connectivity index (χ1) is 13.1. The summed E-state index contributed by atoms with van der Waals surface area (Å²) in [6.07, 6.45) is 0.566. The second-order valence-electron chi connectivity index (χ2n) is 5.61. The second kappa shape index (κ2) is 8.79. The molecular weight excluding hydrogens is 386 g/mol. The van der Waals surface area contributed by atoms with Crippen LogP contribution in [0.2, 0.25) is 5.02 Å². The van der Waals surface area contributed by atoms with Crippen LogP contribution in [0.5, 0.6) is 5.75 Å². The Labute approximate surface area is 165 Å².